The second-order valence-corrected chi connectivity index (χ2v) is 16.7. The monoisotopic (exact) mass is 827 g/mol. The van der Waals surface area contributed by atoms with E-state index in [0.29, 0.717) is 19.3 Å². The number of rotatable bonds is 45. The fourth-order valence-corrected chi connectivity index (χ4v) is 7.05. The first-order valence-corrected chi connectivity index (χ1v) is 25.1. The van der Waals surface area contributed by atoms with Crippen LogP contribution in [0.1, 0.15) is 252 Å². The zero-order valence-electron chi connectivity index (χ0n) is 39.0. The minimum Gasteiger partial charge on any atom is -0.462 e. The van der Waals surface area contributed by atoms with E-state index >= 15 is 0 Å². The van der Waals surface area contributed by atoms with Crippen LogP contribution in [0.4, 0.5) is 0 Å². The average Bonchev–Trinajstić information content (AvgIpc) is 3.23. The number of unbranched alkanes of at least 4 members (excludes halogenated alkanes) is 26. The van der Waals surface area contributed by atoms with E-state index in [9.17, 15) is 14.4 Å². The van der Waals surface area contributed by atoms with Crippen molar-refractivity contribution in [3.05, 3.63) is 48.6 Å². The van der Waals surface area contributed by atoms with Gasteiger partial charge in [-0.25, -0.2) is 0 Å². The van der Waals surface area contributed by atoms with Gasteiger partial charge < -0.3 is 14.2 Å². The minimum absolute atomic E-state index is 0.0889. The van der Waals surface area contributed by atoms with Gasteiger partial charge in [-0.2, -0.15) is 0 Å². The molecule has 0 aromatic rings. The van der Waals surface area contributed by atoms with Crippen molar-refractivity contribution in [3.63, 3.8) is 0 Å². The van der Waals surface area contributed by atoms with E-state index in [2.05, 4.69) is 69.4 Å². The molecule has 6 heteroatoms. The third-order valence-corrected chi connectivity index (χ3v) is 10.8. The Morgan fingerprint density at radius 2 is 0.678 bits per heavy atom. The molecule has 0 radical (unpaired) electrons. The highest BCUT2D eigenvalue weighted by Crippen LogP contribution is 2.15. The number of hydrogen-bond donors (Lipinski definition) is 0. The van der Waals surface area contributed by atoms with Crippen molar-refractivity contribution in [2.45, 2.75) is 258 Å². The summed E-state index contributed by atoms with van der Waals surface area (Å²) >= 11 is 0. The maximum absolute atomic E-state index is 12.8. The summed E-state index contributed by atoms with van der Waals surface area (Å²) in [4.78, 5) is 37.9. The molecule has 0 aromatic carbocycles. The molecule has 0 fully saturated rings. The molecule has 0 spiro atoms. The van der Waals surface area contributed by atoms with Crippen LogP contribution in [-0.4, -0.2) is 37.2 Å². The normalized spacial score (nSPS) is 12.4. The molecule has 0 rings (SSSR count). The van der Waals surface area contributed by atoms with Gasteiger partial charge in [0.2, 0.25) is 0 Å². The Balaban J connectivity index is 4.39. The maximum atomic E-state index is 12.8. The van der Waals surface area contributed by atoms with Gasteiger partial charge in [-0.05, 0) is 70.6 Å². The molecule has 0 saturated heterocycles. The summed E-state index contributed by atoms with van der Waals surface area (Å²) < 4.78 is 16.7. The smallest absolute Gasteiger partial charge is 0.306 e. The van der Waals surface area contributed by atoms with Gasteiger partial charge in [0.15, 0.2) is 6.10 Å². The lowest BCUT2D eigenvalue weighted by atomic mass is 10.0. The highest BCUT2D eigenvalue weighted by Gasteiger charge is 2.19. The van der Waals surface area contributed by atoms with Gasteiger partial charge in [-0.1, -0.05) is 211 Å². The highest BCUT2D eigenvalue weighted by molar-refractivity contribution is 5.71. The van der Waals surface area contributed by atoms with Crippen LogP contribution in [-0.2, 0) is 28.6 Å². The van der Waals surface area contributed by atoms with Gasteiger partial charge in [-0.15, -0.1) is 0 Å². The first-order chi connectivity index (χ1) is 29.0. The number of carbonyl (C=O) groups is 3. The molecule has 1 unspecified atom stereocenters. The summed E-state index contributed by atoms with van der Waals surface area (Å²) in [6.07, 6.45) is 56.7. The van der Waals surface area contributed by atoms with Crippen molar-refractivity contribution >= 4 is 17.9 Å². The molecular formula is C53H94O6. The lowest BCUT2D eigenvalue weighted by Gasteiger charge is -2.18. The van der Waals surface area contributed by atoms with Gasteiger partial charge in [0.05, 0.1) is 0 Å². The Labute approximate surface area is 365 Å². The third kappa shape index (κ3) is 46.3. The van der Waals surface area contributed by atoms with Gasteiger partial charge in [0.1, 0.15) is 13.2 Å². The molecule has 0 heterocycles. The number of carbonyl (C=O) groups excluding carboxylic acids is 3. The third-order valence-electron chi connectivity index (χ3n) is 10.8. The molecule has 342 valence electrons. The van der Waals surface area contributed by atoms with Gasteiger partial charge in [0, 0.05) is 19.3 Å². The summed E-state index contributed by atoms with van der Waals surface area (Å²) in [5.41, 5.74) is 0. The minimum atomic E-state index is -0.790. The lowest BCUT2D eigenvalue weighted by molar-refractivity contribution is -0.167. The van der Waals surface area contributed by atoms with Gasteiger partial charge >= 0.3 is 17.9 Å². The summed E-state index contributed by atoms with van der Waals surface area (Å²) in [6, 6.07) is 0. The van der Waals surface area contributed by atoms with Crippen LogP contribution in [0.15, 0.2) is 48.6 Å². The lowest BCUT2D eigenvalue weighted by Crippen LogP contribution is -2.30. The largest absolute Gasteiger partial charge is 0.462 e. The highest BCUT2D eigenvalue weighted by atomic mass is 16.6. The SMILES string of the molecule is CC/C=C\C/C=C\C/C=C\CCCC(=O)OCC(COC(=O)CCCCCCCCC/C=C\CCCCCC)OC(=O)CCCCCCCCCCCCCCCCC. The predicted octanol–water partition coefficient (Wildman–Crippen LogP) is 16.3. The Bertz CT molecular complexity index is 1040. The Hall–Kier alpha value is -2.63. The fourth-order valence-electron chi connectivity index (χ4n) is 7.05. The van der Waals surface area contributed by atoms with Crippen LogP contribution in [0.25, 0.3) is 0 Å². The van der Waals surface area contributed by atoms with Crippen molar-refractivity contribution in [2.24, 2.45) is 0 Å². The predicted molar refractivity (Wildman–Crippen MR) is 252 cm³/mol. The number of esters is 3. The van der Waals surface area contributed by atoms with E-state index in [0.717, 1.165) is 64.2 Å². The number of hydrogen-bond acceptors (Lipinski definition) is 6. The first-order valence-electron chi connectivity index (χ1n) is 25.1. The molecule has 0 aromatic heterocycles. The Kier molecular flexibility index (Phi) is 45.9. The van der Waals surface area contributed by atoms with Crippen LogP contribution in [0, 0.1) is 0 Å². The number of ether oxygens (including phenoxy) is 3. The molecule has 0 aliphatic carbocycles. The van der Waals surface area contributed by atoms with E-state index in [4.69, 9.17) is 14.2 Å². The molecule has 0 saturated carbocycles. The zero-order chi connectivity index (χ0) is 43.0. The van der Waals surface area contributed by atoms with Crippen LogP contribution in [0.3, 0.4) is 0 Å². The summed E-state index contributed by atoms with van der Waals surface area (Å²) in [5, 5.41) is 0. The second kappa shape index (κ2) is 48.0. The molecule has 1 atom stereocenters. The first kappa shape index (κ1) is 56.4. The maximum Gasteiger partial charge on any atom is 0.306 e. The van der Waals surface area contributed by atoms with E-state index in [1.165, 1.54) is 141 Å². The molecule has 6 nitrogen and oxygen atoms in total. The van der Waals surface area contributed by atoms with E-state index in [-0.39, 0.29) is 37.5 Å². The molecule has 59 heavy (non-hydrogen) atoms. The van der Waals surface area contributed by atoms with Crippen molar-refractivity contribution in [1.29, 1.82) is 0 Å². The Morgan fingerprint density at radius 3 is 1.14 bits per heavy atom. The quantitative estimate of drug-likeness (QED) is 0.0263. The van der Waals surface area contributed by atoms with E-state index in [1.807, 2.05) is 0 Å². The average molecular weight is 827 g/mol. The van der Waals surface area contributed by atoms with E-state index < -0.39 is 6.10 Å². The molecule has 0 N–H and O–H groups in total. The molecule has 0 amide bonds. The topological polar surface area (TPSA) is 78.9 Å². The summed E-state index contributed by atoms with van der Waals surface area (Å²) in [7, 11) is 0. The van der Waals surface area contributed by atoms with Crippen molar-refractivity contribution < 1.29 is 28.6 Å². The van der Waals surface area contributed by atoms with Crippen LogP contribution in [0.5, 0.6) is 0 Å². The van der Waals surface area contributed by atoms with Crippen molar-refractivity contribution in [2.75, 3.05) is 13.2 Å². The van der Waals surface area contributed by atoms with Crippen LogP contribution in [0.2, 0.25) is 0 Å². The summed E-state index contributed by atoms with van der Waals surface area (Å²) in [5.74, 6) is -0.943. The second-order valence-electron chi connectivity index (χ2n) is 16.7. The molecular weight excluding hydrogens is 733 g/mol. The summed E-state index contributed by atoms with van der Waals surface area (Å²) in [6.45, 7) is 6.47. The van der Waals surface area contributed by atoms with Gasteiger partial charge in [0.25, 0.3) is 0 Å². The molecule has 0 aliphatic rings. The molecule has 0 aliphatic heterocycles. The van der Waals surface area contributed by atoms with Crippen molar-refractivity contribution in [1.82, 2.24) is 0 Å². The standard InChI is InChI=1S/C53H94O6/c1-4-7-10-13-16-19-22-24-26-28-31-34-37-40-43-46-52(55)58-49-50(48-57-51(54)45-42-39-36-33-30-21-18-15-12-9-6-3)59-53(56)47-44-41-38-35-32-29-27-25-23-20-17-14-11-8-5-2/h9,12,18-19,21-22,33,36,50H,4-8,10-11,13-17,20,23-32,34-35,37-49H2,1-3H3/b12-9-,21-18-,22-19-,36-33-. The number of allylic oxidation sites excluding steroid dienone is 8. The van der Waals surface area contributed by atoms with Gasteiger partial charge in [-0.3, -0.25) is 14.4 Å². The van der Waals surface area contributed by atoms with Crippen LogP contribution < -0.4 is 0 Å². The van der Waals surface area contributed by atoms with Crippen molar-refractivity contribution in [3.8, 4) is 0 Å². The zero-order valence-corrected chi connectivity index (χ0v) is 39.0. The van der Waals surface area contributed by atoms with E-state index in [1.54, 1.807) is 0 Å². The Morgan fingerprint density at radius 1 is 0.356 bits per heavy atom. The van der Waals surface area contributed by atoms with Crippen LogP contribution >= 0.6 is 0 Å². The fraction of sp³-hybridized carbons (Fsp3) is 0.792. The molecule has 0 bridgehead atoms.